The summed E-state index contributed by atoms with van der Waals surface area (Å²) in [5.74, 6) is -0.586. The normalized spacial score (nSPS) is 13.3. The van der Waals surface area contributed by atoms with Gasteiger partial charge in [-0.2, -0.15) is 0 Å². The highest BCUT2D eigenvalue weighted by Gasteiger charge is 2.10. The average Bonchev–Trinajstić information content (AvgIpc) is 2.29. The lowest BCUT2D eigenvalue weighted by molar-refractivity contribution is 0.292. The van der Waals surface area contributed by atoms with Crippen LogP contribution < -0.4 is 5.73 Å². The predicted octanol–water partition coefficient (Wildman–Crippen LogP) is 2.77. The van der Waals surface area contributed by atoms with Crippen molar-refractivity contribution >= 4 is 0 Å². The summed E-state index contributed by atoms with van der Waals surface area (Å²) in [4.78, 5) is 2.00. The number of nitrogens with two attached hydrogens (primary N) is 1. The minimum Gasteiger partial charge on any atom is -0.327 e. The van der Waals surface area contributed by atoms with E-state index in [4.69, 9.17) is 5.73 Å². The quantitative estimate of drug-likeness (QED) is 0.848. The lowest BCUT2D eigenvalue weighted by atomic mass is 10.0. The highest BCUT2D eigenvalue weighted by atomic mass is 19.1. The van der Waals surface area contributed by atoms with Crippen molar-refractivity contribution < 1.29 is 8.78 Å². The monoisotopic (exact) mass is 256 g/mol. The van der Waals surface area contributed by atoms with Crippen LogP contribution in [-0.4, -0.2) is 24.5 Å². The number of hydrogen-bond acceptors (Lipinski definition) is 2. The van der Waals surface area contributed by atoms with Gasteiger partial charge in [-0.05, 0) is 32.0 Å². The van der Waals surface area contributed by atoms with Crippen molar-refractivity contribution in [2.45, 2.75) is 32.9 Å². The molecule has 0 fully saturated rings. The van der Waals surface area contributed by atoms with Crippen LogP contribution in [0.15, 0.2) is 18.2 Å². The van der Waals surface area contributed by atoms with Crippen LogP contribution in [0, 0.1) is 17.6 Å². The van der Waals surface area contributed by atoms with Gasteiger partial charge in [0.1, 0.15) is 11.6 Å². The number of rotatable bonds is 6. The Balaban J connectivity index is 2.47. The molecule has 0 aliphatic carbocycles. The third kappa shape index (κ3) is 4.70. The molecule has 2 N–H and O–H groups in total. The zero-order valence-electron chi connectivity index (χ0n) is 11.3. The van der Waals surface area contributed by atoms with Crippen LogP contribution >= 0.6 is 0 Å². The van der Waals surface area contributed by atoms with Crippen molar-refractivity contribution in [3.63, 3.8) is 0 Å². The van der Waals surface area contributed by atoms with Gasteiger partial charge in [-0.3, -0.25) is 0 Å². The third-order valence-electron chi connectivity index (χ3n) is 3.16. The standard InChI is InChI=1S/C14H22F2N2/c1-10(2)14(17)6-7-18(3)9-11-4-5-12(15)8-13(11)16/h4-5,8,10,14H,6-7,9,17H2,1-3H3. The molecule has 1 aromatic rings. The Morgan fingerprint density at radius 2 is 1.94 bits per heavy atom. The Hall–Kier alpha value is -1.00. The van der Waals surface area contributed by atoms with Gasteiger partial charge in [-0.15, -0.1) is 0 Å². The molecule has 4 heteroatoms. The fourth-order valence-corrected chi connectivity index (χ4v) is 1.72. The zero-order chi connectivity index (χ0) is 13.7. The van der Waals surface area contributed by atoms with E-state index in [2.05, 4.69) is 13.8 Å². The van der Waals surface area contributed by atoms with Gasteiger partial charge in [0.2, 0.25) is 0 Å². The van der Waals surface area contributed by atoms with Crippen LogP contribution in [0.25, 0.3) is 0 Å². The topological polar surface area (TPSA) is 29.3 Å². The second kappa shape index (κ2) is 6.81. The second-order valence-electron chi connectivity index (χ2n) is 5.17. The van der Waals surface area contributed by atoms with Crippen LogP contribution in [0.5, 0.6) is 0 Å². The highest BCUT2D eigenvalue weighted by Crippen LogP contribution is 2.12. The van der Waals surface area contributed by atoms with E-state index in [1.54, 1.807) is 0 Å². The molecule has 0 heterocycles. The lowest BCUT2D eigenvalue weighted by Gasteiger charge is -2.21. The SMILES string of the molecule is CC(C)C(N)CCN(C)Cc1ccc(F)cc1F. The van der Waals surface area contributed by atoms with Gasteiger partial charge in [-0.25, -0.2) is 8.78 Å². The first kappa shape index (κ1) is 15.1. The molecule has 0 aliphatic rings. The van der Waals surface area contributed by atoms with Gasteiger partial charge in [0.25, 0.3) is 0 Å². The summed E-state index contributed by atoms with van der Waals surface area (Å²) >= 11 is 0. The van der Waals surface area contributed by atoms with E-state index in [1.165, 1.54) is 12.1 Å². The van der Waals surface area contributed by atoms with Crippen LogP contribution in [0.1, 0.15) is 25.8 Å². The fraction of sp³-hybridized carbons (Fsp3) is 0.571. The summed E-state index contributed by atoms with van der Waals surface area (Å²) in [6, 6.07) is 3.85. The van der Waals surface area contributed by atoms with Crippen LogP contribution in [0.3, 0.4) is 0 Å². The van der Waals surface area contributed by atoms with Crippen LogP contribution in [0.4, 0.5) is 8.78 Å². The van der Waals surface area contributed by atoms with Crippen LogP contribution in [0.2, 0.25) is 0 Å². The first-order chi connectivity index (χ1) is 8.40. The van der Waals surface area contributed by atoms with E-state index < -0.39 is 11.6 Å². The molecule has 1 aromatic carbocycles. The Kier molecular flexibility index (Phi) is 5.69. The third-order valence-corrected chi connectivity index (χ3v) is 3.16. The van der Waals surface area contributed by atoms with Gasteiger partial charge in [-0.1, -0.05) is 19.9 Å². The molecule has 0 aromatic heterocycles. The minimum atomic E-state index is -0.541. The molecule has 0 radical (unpaired) electrons. The molecule has 18 heavy (non-hydrogen) atoms. The summed E-state index contributed by atoms with van der Waals surface area (Å²) in [5, 5.41) is 0. The van der Waals surface area contributed by atoms with E-state index in [9.17, 15) is 8.78 Å². The Morgan fingerprint density at radius 1 is 1.28 bits per heavy atom. The number of halogens is 2. The molecule has 0 saturated heterocycles. The fourth-order valence-electron chi connectivity index (χ4n) is 1.72. The second-order valence-corrected chi connectivity index (χ2v) is 5.17. The Bertz CT molecular complexity index is 380. The summed E-state index contributed by atoms with van der Waals surface area (Å²) in [5.41, 5.74) is 6.47. The van der Waals surface area contributed by atoms with Gasteiger partial charge in [0, 0.05) is 24.2 Å². The molecule has 0 amide bonds. The molecule has 0 bridgehead atoms. The minimum absolute atomic E-state index is 0.158. The summed E-state index contributed by atoms with van der Waals surface area (Å²) < 4.78 is 26.2. The molecule has 1 unspecified atom stereocenters. The maximum atomic E-state index is 13.4. The number of benzene rings is 1. The van der Waals surface area contributed by atoms with Crippen molar-refractivity contribution in [3.8, 4) is 0 Å². The van der Waals surface area contributed by atoms with E-state index in [0.717, 1.165) is 19.0 Å². The van der Waals surface area contributed by atoms with Crippen molar-refractivity contribution in [1.29, 1.82) is 0 Å². The lowest BCUT2D eigenvalue weighted by Crippen LogP contribution is -2.31. The molecule has 2 nitrogen and oxygen atoms in total. The Morgan fingerprint density at radius 3 is 2.50 bits per heavy atom. The van der Waals surface area contributed by atoms with Gasteiger partial charge >= 0.3 is 0 Å². The first-order valence-corrected chi connectivity index (χ1v) is 6.28. The van der Waals surface area contributed by atoms with E-state index in [-0.39, 0.29) is 6.04 Å². The Labute approximate surface area is 108 Å². The van der Waals surface area contributed by atoms with E-state index >= 15 is 0 Å². The molecule has 102 valence electrons. The number of nitrogens with zero attached hydrogens (tertiary/aromatic N) is 1. The van der Waals surface area contributed by atoms with Crippen molar-refractivity contribution in [3.05, 3.63) is 35.4 Å². The predicted molar refractivity (Wildman–Crippen MR) is 70.1 cm³/mol. The molecule has 0 spiro atoms. The molecule has 1 rings (SSSR count). The average molecular weight is 256 g/mol. The summed E-state index contributed by atoms with van der Waals surface area (Å²) in [7, 11) is 1.91. The zero-order valence-corrected chi connectivity index (χ0v) is 11.3. The molecule has 1 atom stereocenters. The van der Waals surface area contributed by atoms with Crippen molar-refractivity contribution in [1.82, 2.24) is 4.90 Å². The molecular formula is C14H22F2N2. The number of hydrogen-bond donors (Lipinski definition) is 1. The van der Waals surface area contributed by atoms with E-state index in [0.29, 0.717) is 18.0 Å². The summed E-state index contributed by atoms with van der Waals surface area (Å²) in [6.07, 6.45) is 0.872. The molecule has 0 saturated carbocycles. The van der Waals surface area contributed by atoms with Crippen LogP contribution in [-0.2, 0) is 6.54 Å². The largest absolute Gasteiger partial charge is 0.327 e. The molecular weight excluding hydrogens is 234 g/mol. The molecule has 0 aliphatic heterocycles. The van der Waals surface area contributed by atoms with E-state index in [1.807, 2.05) is 11.9 Å². The highest BCUT2D eigenvalue weighted by molar-refractivity contribution is 5.18. The maximum Gasteiger partial charge on any atom is 0.130 e. The van der Waals surface area contributed by atoms with Gasteiger partial charge in [0.05, 0.1) is 0 Å². The summed E-state index contributed by atoms with van der Waals surface area (Å²) in [6.45, 7) is 5.45. The van der Waals surface area contributed by atoms with Crippen molar-refractivity contribution in [2.24, 2.45) is 11.7 Å². The smallest absolute Gasteiger partial charge is 0.130 e. The first-order valence-electron chi connectivity index (χ1n) is 6.28. The van der Waals surface area contributed by atoms with Gasteiger partial charge in [0.15, 0.2) is 0 Å². The van der Waals surface area contributed by atoms with Gasteiger partial charge < -0.3 is 10.6 Å². The van der Waals surface area contributed by atoms with Crippen molar-refractivity contribution in [2.75, 3.05) is 13.6 Å². The maximum absolute atomic E-state index is 13.4.